The molecule has 2 aliphatic rings. The molecule has 1 N–H and O–H groups in total. The molecule has 2 aromatic rings. The van der Waals surface area contributed by atoms with Gasteiger partial charge < -0.3 is 5.32 Å². The molecule has 2 atom stereocenters. The number of halogens is 2. The summed E-state index contributed by atoms with van der Waals surface area (Å²) in [5.74, 6) is -3.00. The van der Waals surface area contributed by atoms with Gasteiger partial charge in [-0.05, 0) is 44.9 Å². The zero-order chi connectivity index (χ0) is 21.5. The van der Waals surface area contributed by atoms with Crippen molar-refractivity contribution >= 4 is 17.6 Å². The minimum absolute atomic E-state index is 0.166. The molecule has 0 unspecified atom stereocenters. The molecular formula is C21H23F2N5O2. The summed E-state index contributed by atoms with van der Waals surface area (Å²) in [6, 6.07) is 5.77. The molecule has 2 amide bonds. The number of aryl methyl sites for hydroxylation is 2. The predicted molar refractivity (Wildman–Crippen MR) is 105 cm³/mol. The van der Waals surface area contributed by atoms with Crippen molar-refractivity contribution in [1.82, 2.24) is 20.3 Å². The van der Waals surface area contributed by atoms with E-state index in [0.29, 0.717) is 30.3 Å². The van der Waals surface area contributed by atoms with Crippen molar-refractivity contribution in [1.29, 1.82) is 0 Å². The van der Waals surface area contributed by atoms with E-state index in [0.717, 1.165) is 0 Å². The first-order chi connectivity index (χ1) is 14.2. The molecular weight excluding hydrogens is 392 g/mol. The summed E-state index contributed by atoms with van der Waals surface area (Å²) < 4.78 is 29.3. The normalized spacial score (nSPS) is 25.5. The lowest BCUT2D eigenvalue weighted by atomic mass is 9.69. The molecule has 1 spiro atoms. The Bertz CT molecular complexity index is 999. The molecule has 30 heavy (non-hydrogen) atoms. The maximum absolute atomic E-state index is 14.7. The number of hydrogen-bond acceptors (Lipinski definition) is 5. The van der Waals surface area contributed by atoms with Crippen LogP contribution in [-0.2, 0) is 4.79 Å². The Labute approximate surface area is 172 Å². The Morgan fingerprint density at radius 1 is 1.20 bits per heavy atom. The zero-order valence-corrected chi connectivity index (χ0v) is 16.9. The van der Waals surface area contributed by atoms with Crippen LogP contribution in [0.15, 0.2) is 30.5 Å². The Kier molecular flexibility index (Phi) is 4.99. The van der Waals surface area contributed by atoms with Gasteiger partial charge in [-0.1, -0.05) is 6.07 Å². The first-order valence-electron chi connectivity index (χ1n) is 9.91. The minimum Gasteiger partial charge on any atom is -0.348 e. The number of amides is 2. The average molecular weight is 415 g/mol. The van der Waals surface area contributed by atoms with Gasteiger partial charge in [-0.15, -0.1) is 0 Å². The van der Waals surface area contributed by atoms with Gasteiger partial charge in [0.05, 0.1) is 5.41 Å². The number of carbonyl (C=O) groups excluding carboxylic acids is 2. The third-order valence-electron chi connectivity index (χ3n) is 5.79. The summed E-state index contributed by atoms with van der Waals surface area (Å²) in [5, 5.41) is 2.68. The smallest absolute Gasteiger partial charge is 0.270 e. The van der Waals surface area contributed by atoms with Gasteiger partial charge in [0.1, 0.15) is 17.3 Å². The van der Waals surface area contributed by atoms with Crippen LogP contribution in [0, 0.1) is 19.3 Å². The molecule has 1 saturated carbocycles. The Hall–Kier alpha value is -2.97. The molecule has 7 nitrogen and oxygen atoms in total. The summed E-state index contributed by atoms with van der Waals surface area (Å²) in [7, 11) is 0. The first kappa shape index (κ1) is 20.3. The Balaban J connectivity index is 1.55. The van der Waals surface area contributed by atoms with Crippen molar-refractivity contribution < 1.29 is 18.4 Å². The van der Waals surface area contributed by atoms with E-state index in [9.17, 15) is 18.4 Å². The third-order valence-corrected chi connectivity index (χ3v) is 5.79. The highest BCUT2D eigenvalue weighted by Gasteiger charge is 2.57. The number of alkyl halides is 2. The second kappa shape index (κ2) is 7.37. The number of aromatic nitrogens is 3. The minimum atomic E-state index is -3.05. The second-order valence-corrected chi connectivity index (χ2v) is 8.22. The van der Waals surface area contributed by atoms with Crippen LogP contribution < -0.4 is 10.2 Å². The van der Waals surface area contributed by atoms with Crippen LogP contribution in [0.25, 0.3) is 0 Å². The van der Waals surface area contributed by atoms with Gasteiger partial charge in [-0.25, -0.2) is 23.7 Å². The predicted octanol–water partition coefficient (Wildman–Crippen LogP) is 2.83. The number of nitrogens with zero attached hydrogens (tertiary/aromatic N) is 4. The van der Waals surface area contributed by atoms with Crippen LogP contribution in [0.4, 0.5) is 14.6 Å². The first-order valence-corrected chi connectivity index (χ1v) is 9.91. The summed E-state index contributed by atoms with van der Waals surface area (Å²) in [4.78, 5) is 39.7. The number of rotatable bonds is 3. The number of hydrogen-bond donors (Lipinski definition) is 1. The Morgan fingerprint density at radius 3 is 2.73 bits per heavy atom. The van der Waals surface area contributed by atoms with Crippen LogP contribution in [0.2, 0.25) is 0 Å². The van der Waals surface area contributed by atoms with Gasteiger partial charge in [0.2, 0.25) is 5.91 Å². The quantitative estimate of drug-likeness (QED) is 0.833. The summed E-state index contributed by atoms with van der Waals surface area (Å²) in [5.41, 5.74) is -0.387. The van der Waals surface area contributed by atoms with Crippen molar-refractivity contribution in [3.8, 4) is 0 Å². The fraction of sp³-hybridized carbons (Fsp3) is 0.476. The summed E-state index contributed by atoms with van der Waals surface area (Å²) in [6.07, 6.45) is 0.989. The van der Waals surface area contributed by atoms with Crippen molar-refractivity contribution in [3.63, 3.8) is 0 Å². The molecule has 3 heterocycles. The maximum atomic E-state index is 14.7. The largest absolute Gasteiger partial charge is 0.348 e. The van der Waals surface area contributed by atoms with Gasteiger partial charge in [0.25, 0.3) is 11.8 Å². The van der Waals surface area contributed by atoms with Crippen molar-refractivity contribution in [2.45, 2.75) is 51.5 Å². The highest BCUT2D eigenvalue weighted by atomic mass is 19.3. The standard InChI is InChI=1S/C21H23F2N5O2/c1-13-4-3-5-16(25-13)18(29)27-15-10-20(12-21(22,23)11-15)7-9-28(19(20)30)17-6-8-24-14(2)26-17/h3-6,8,15H,7,9-12H2,1-2H3,(H,27,29)/t15-,20+/m1/s1. The van der Waals surface area contributed by atoms with Crippen LogP contribution in [0.1, 0.15) is 47.7 Å². The molecule has 0 bridgehead atoms. The molecule has 2 aromatic heterocycles. The molecule has 4 rings (SSSR count). The molecule has 2 fully saturated rings. The molecule has 9 heteroatoms. The van der Waals surface area contributed by atoms with Gasteiger partial charge in [0.15, 0.2) is 0 Å². The summed E-state index contributed by atoms with van der Waals surface area (Å²) >= 11 is 0. The van der Waals surface area contributed by atoms with E-state index in [1.165, 1.54) is 4.90 Å². The van der Waals surface area contributed by atoms with Crippen LogP contribution in [-0.4, -0.2) is 45.3 Å². The van der Waals surface area contributed by atoms with E-state index >= 15 is 0 Å². The van der Waals surface area contributed by atoms with Gasteiger partial charge in [-0.3, -0.25) is 14.5 Å². The van der Waals surface area contributed by atoms with Crippen molar-refractivity contribution in [3.05, 3.63) is 47.7 Å². The second-order valence-electron chi connectivity index (χ2n) is 8.22. The van der Waals surface area contributed by atoms with Crippen LogP contribution >= 0.6 is 0 Å². The van der Waals surface area contributed by atoms with Crippen LogP contribution in [0.3, 0.4) is 0 Å². The SMILES string of the molecule is Cc1cccc(C(=O)N[C@H]2CC(F)(F)C[C@]3(CCN(c4ccnc(C)n4)C3=O)C2)n1. The monoisotopic (exact) mass is 415 g/mol. The number of carbonyl (C=O) groups is 2. The molecule has 0 aromatic carbocycles. The lowest BCUT2D eigenvalue weighted by Crippen LogP contribution is -2.52. The van der Waals surface area contributed by atoms with E-state index in [2.05, 4.69) is 20.3 Å². The maximum Gasteiger partial charge on any atom is 0.270 e. The van der Waals surface area contributed by atoms with Gasteiger partial charge >= 0.3 is 0 Å². The zero-order valence-electron chi connectivity index (χ0n) is 16.9. The highest BCUT2D eigenvalue weighted by molar-refractivity contribution is 5.99. The lowest BCUT2D eigenvalue weighted by Gasteiger charge is -2.40. The third kappa shape index (κ3) is 3.88. The molecule has 1 aliphatic heterocycles. The topological polar surface area (TPSA) is 88.1 Å². The molecule has 158 valence electrons. The molecule has 0 radical (unpaired) electrons. The van der Waals surface area contributed by atoms with Crippen molar-refractivity contribution in [2.24, 2.45) is 5.41 Å². The van der Waals surface area contributed by atoms with E-state index in [1.807, 2.05) is 0 Å². The van der Waals surface area contributed by atoms with Gasteiger partial charge in [0, 0.05) is 37.3 Å². The van der Waals surface area contributed by atoms with Gasteiger partial charge in [-0.2, -0.15) is 0 Å². The molecule has 1 saturated heterocycles. The van der Waals surface area contributed by atoms with E-state index in [1.54, 1.807) is 44.3 Å². The average Bonchev–Trinajstić information content (AvgIpc) is 2.95. The lowest BCUT2D eigenvalue weighted by molar-refractivity contribution is -0.140. The Morgan fingerprint density at radius 2 is 2.00 bits per heavy atom. The number of pyridine rings is 1. The van der Waals surface area contributed by atoms with E-state index in [4.69, 9.17) is 0 Å². The highest BCUT2D eigenvalue weighted by Crippen LogP contribution is 2.51. The fourth-order valence-electron chi connectivity index (χ4n) is 4.56. The summed E-state index contributed by atoms with van der Waals surface area (Å²) in [6.45, 7) is 3.77. The molecule has 1 aliphatic carbocycles. The fourth-order valence-corrected chi connectivity index (χ4v) is 4.56. The number of nitrogens with one attached hydrogen (secondary N) is 1. The van der Waals surface area contributed by atoms with Crippen molar-refractivity contribution in [2.75, 3.05) is 11.4 Å². The van der Waals surface area contributed by atoms with Crippen LogP contribution in [0.5, 0.6) is 0 Å². The van der Waals surface area contributed by atoms with E-state index in [-0.39, 0.29) is 18.0 Å². The number of anilines is 1. The van der Waals surface area contributed by atoms with E-state index < -0.39 is 36.1 Å².